The highest BCUT2D eigenvalue weighted by molar-refractivity contribution is 9.10. The summed E-state index contributed by atoms with van der Waals surface area (Å²) < 4.78 is 6.10. The molecule has 1 aromatic rings. The average Bonchev–Trinajstić information content (AvgIpc) is 2.52. The second-order valence-corrected chi connectivity index (χ2v) is 5.81. The van der Waals surface area contributed by atoms with Gasteiger partial charge in [-0.3, -0.25) is 0 Å². The Bertz CT molecular complexity index is 301. The van der Waals surface area contributed by atoms with E-state index < -0.39 is 0 Å². The molecule has 0 aliphatic heterocycles. The van der Waals surface area contributed by atoms with Crippen molar-refractivity contribution in [3.63, 3.8) is 0 Å². The summed E-state index contributed by atoms with van der Waals surface area (Å²) in [6, 6.07) is 2.39. The van der Waals surface area contributed by atoms with Crippen molar-refractivity contribution in [2.24, 2.45) is 5.41 Å². The molecule has 0 bridgehead atoms. The lowest BCUT2D eigenvalue weighted by Crippen LogP contribution is -2.18. The first-order valence-corrected chi connectivity index (χ1v) is 6.13. The number of rotatable bonds is 4. The molecule has 0 aliphatic carbocycles. The van der Waals surface area contributed by atoms with Crippen LogP contribution in [-0.2, 0) is 0 Å². The lowest BCUT2D eigenvalue weighted by molar-refractivity contribution is 0.336. The summed E-state index contributed by atoms with van der Waals surface area (Å²) in [5.41, 5.74) is 1.59. The molecule has 3 heteroatoms. The van der Waals surface area contributed by atoms with E-state index >= 15 is 0 Å². The maximum Gasteiger partial charge on any atom is 0.173 e. The SMILES string of the molecule is CNC(CCC(C)(C)C)c1ccoc1Br. The molecule has 1 rings (SSSR count). The molecule has 0 radical (unpaired) electrons. The third-order valence-corrected chi connectivity index (χ3v) is 3.20. The van der Waals surface area contributed by atoms with Crippen LogP contribution in [0.1, 0.15) is 45.2 Å². The van der Waals surface area contributed by atoms with Gasteiger partial charge in [0, 0.05) is 11.6 Å². The van der Waals surface area contributed by atoms with Crippen LogP contribution in [0.5, 0.6) is 0 Å². The number of hydrogen-bond acceptors (Lipinski definition) is 2. The normalized spacial score (nSPS) is 14.2. The summed E-state index contributed by atoms with van der Waals surface area (Å²) in [6.45, 7) is 6.80. The van der Waals surface area contributed by atoms with Crippen LogP contribution in [0, 0.1) is 5.41 Å². The second-order valence-electron chi connectivity index (χ2n) is 5.09. The molecule has 0 saturated carbocycles. The monoisotopic (exact) mass is 273 g/mol. The van der Waals surface area contributed by atoms with E-state index in [1.807, 2.05) is 13.1 Å². The molecule has 0 saturated heterocycles. The van der Waals surface area contributed by atoms with E-state index in [1.54, 1.807) is 6.26 Å². The summed E-state index contributed by atoms with van der Waals surface area (Å²) in [5, 5.41) is 3.33. The Morgan fingerprint density at radius 1 is 1.47 bits per heavy atom. The van der Waals surface area contributed by atoms with E-state index in [4.69, 9.17) is 4.42 Å². The highest BCUT2D eigenvalue weighted by Crippen LogP contribution is 2.31. The van der Waals surface area contributed by atoms with Gasteiger partial charge in [0.15, 0.2) is 4.67 Å². The van der Waals surface area contributed by atoms with Crippen molar-refractivity contribution >= 4 is 15.9 Å². The number of nitrogens with one attached hydrogen (secondary N) is 1. The number of furan rings is 1. The zero-order valence-corrected chi connectivity index (χ0v) is 11.5. The Morgan fingerprint density at radius 3 is 2.53 bits per heavy atom. The molecule has 0 amide bonds. The zero-order chi connectivity index (χ0) is 11.5. The largest absolute Gasteiger partial charge is 0.457 e. The molecule has 86 valence electrons. The van der Waals surface area contributed by atoms with Crippen LogP contribution in [0.2, 0.25) is 0 Å². The van der Waals surface area contributed by atoms with Gasteiger partial charge in [0.05, 0.1) is 6.26 Å². The lowest BCUT2D eigenvalue weighted by Gasteiger charge is -2.22. The lowest BCUT2D eigenvalue weighted by atomic mass is 9.87. The predicted octanol–water partition coefficient (Wildman–Crippen LogP) is 4.13. The molecule has 0 aliphatic rings. The van der Waals surface area contributed by atoms with Crippen LogP contribution < -0.4 is 5.32 Å². The molecule has 1 aromatic heterocycles. The zero-order valence-electron chi connectivity index (χ0n) is 9.93. The molecule has 1 heterocycles. The van der Waals surface area contributed by atoms with Crippen LogP contribution in [0.25, 0.3) is 0 Å². The van der Waals surface area contributed by atoms with Crippen LogP contribution in [0.3, 0.4) is 0 Å². The van der Waals surface area contributed by atoms with E-state index in [0.717, 1.165) is 11.1 Å². The third kappa shape index (κ3) is 3.99. The highest BCUT2D eigenvalue weighted by atomic mass is 79.9. The number of halogens is 1. The van der Waals surface area contributed by atoms with Crippen molar-refractivity contribution in [3.8, 4) is 0 Å². The molecule has 1 atom stereocenters. The van der Waals surface area contributed by atoms with Gasteiger partial charge in [-0.2, -0.15) is 0 Å². The van der Waals surface area contributed by atoms with E-state index in [2.05, 4.69) is 42.0 Å². The van der Waals surface area contributed by atoms with Gasteiger partial charge in [0.25, 0.3) is 0 Å². The standard InChI is InChI=1S/C12H20BrNO/c1-12(2,3)7-5-10(14-4)9-6-8-15-11(9)13/h6,8,10,14H,5,7H2,1-4H3. The van der Waals surface area contributed by atoms with Gasteiger partial charge < -0.3 is 9.73 Å². The molecule has 0 aromatic carbocycles. The van der Waals surface area contributed by atoms with E-state index in [1.165, 1.54) is 12.0 Å². The van der Waals surface area contributed by atoms with Gasteiger partial charge in [-0.15, -0.1) is 0 Å². The quantitative estimate of drug-likeness (QED) is 0.893. The first-order chi connectivity index (χ1) is 6.94. The fourth-order valence-corrected chi connectivity index (χ4v) is 2.10. The van der Waals surface area contributed by atoms with Crippen molar-refractivity contribution < 1.29 is 4.42 Å². The molecular weight excluding hydrogens is 254 g/mol. The van der Waals surface area contributed by atoms with Crippen molar-refractivity contribution in [1.82, 2.24) is 5.32 Å². The van der Waals surface area contributed by atoms with Crippen LogP contribution in [0.15, 0.2) is 21.4 Å². The highest BCUT2D eigenvalue weighted by Gasteiger charge is 2.18. The Kier molecular flexibility index (Phi) is 4.41. The third-order valence-electron chi connectivity index (χ3n) is 2.55. The maximum atomic E-state index is 5.26. The summed E-state index contributed by atoms with van der Waals surface area (Å²) in [5.74, 6) is 0. The van der Waals surface area contributed by atoms with Crippen LogP contribution in [0.4, 0.5) is 0 Å². The van der Waals surface area contributed by atoms with Crippen LogP contribution >= 0.6 is 15.9 Å². The minimum atomic E-state index is 0.373. The maximum absolute atomic E-state index is 5.26. The van der Waals surface area contributed by atoms with E-state index in [0.29, 0.717) is 11.5 Å². The first-order valence-electron chi connectivity index (χ1n) is 5.34. The minimum Gasteiger partial charge on any atom is -0.457 e. The molecule has 0 spiro atoms. The fraction of sp³-hybridized carbons (Fsp3) is 0.667. The van der Waals surface area contributed by atoms with Gasteiger partial charge in [0.2, 0.25) is 0 Å². The van der Waals surface area contributed by atoms with E-state index in [-0.39, 0.29) is 0 Å². The average molecular weight is 274 g/mol. The summed E-state index contributed by atoms with van der Waals surface area (Å²) in [4.78, 5) is 0. The smallest absolute Gasteiger partial charge is 0.173 e. The van der Waals surface area contributed by atoms with Crippen molar-refractivity contribution in [3.05, 3.63) is 22.6 Å². The molecule has 15 heavy (non-hydrogen) atoms. The molecule has 2 nitrogen and oxygen atoms in total. The van der Waals surface area contributed by atoms with Gasteiger partial charge in [-0.05, 0) is 47.3 Å². The number of hydrogen-bond donors (Lipinski definition) is 1. The molecule has 0 fully saturated rings. The van der Waals surface area contributed by atoms with Crippen molar-refractivity contribution in [2.75, 3.05) is 7.05 Å². The Morgan fingerprint density at radius 2 is 2.13 bits per heavy atom. The molecular formula is C12H20BrNO. The topological polar surface area (TPSA) is 25.2 Å². The summed E-state index contributed by atoms with van der Waals surface area (Å²) in [7, 11) is 1.99. The van der Waals surface area contributed by atoms with Crippen LogP contribution in [-0.4, -0.2) is 7.05 Å². The van der Waals surface area contributed by atoms with Crippen molar-refractivity contribution in [1.29, 1.82) is 0 Å². The second kappa shape index (κ2) is 5.17. The van der Waals surface area contributed by atoms with Gasteiger partial charge >= 0.3 is 0 Å². The minimum absolute atomic E-state index is 0.373. The Balaban J connectivity index is 2.61. The summed E-state index contributed by atoms with van der Waals surface area (Å²) in [6.07, 6.45) is 4.04. The predicted molar refractivity (Wildman–Crippen MR) is 66.9 cm³/mol. The molecule has 1 unspecified atom stereocenters. The fourth-order valence-electron chi connectivity index (χ4n) is 1.59. The van der Waals surface area contributed by atoms with Gasteiger partial charge in [0.1, 0.15) is 0 Å². The van der Waals surface area contributed by atoms with Crippen molar-refractivity contribution in [2.45, 2.75) is 39.7 Å². The van der Waals surface area contributed by atoms with E-state index in [9.17, 15) is 0 Å². The summed E-state index contributed by atoms with van der Waals surface area (Å²) >= 11 is 3.42. The van der Waals surface area contributed by atoms with Gasteiger partial charge in [-0.25, -0.2) is 0 Å². The Labute approximate surface area is 101 Å². The first kappa shape index (κ1) is 12.8. The Hall–Kier alpha value is -0.280. The molecule has 1 N–H and O–H groups in total. The van der Waals surface area contributed by atoms with Gasteiger partial charge in [-0.1, -0.05) is 20.8 Å².